The fraction of sp³-hybridized carbons (Fsp3) is 1.00. The Bertz CT molecular complexity index is 191. The average molecular weight is 238 g/mol. The van der Waals surface area contributed by atoms with Crippen LogP contribution in [0.1, 0.15) is 6.92 Å². The van der Waals surface area contributed by atoms with Crippen LogP contribution in [-0.2, 0) is 9.47 Å². The molecule has 3 N–H and O–H groups in total. The van der Waals surface area contributed by atoms with E-state index in [9.17, 15) is 10.2 Å². The summed E-state index contributed by atoms with van der Waals surface area (Å²) >= 11 is 1.43. The predicted octanol–water partition coefficient (Wildman–Crippen LogP) is -0.807. The predicted molar refractivity (Wildman–Crippen MR) is 56.7 cm³/mol. The lowest BCUT2D eigenvalue weighted by molar-refractivity contribution is -0.213. The first-order valence-corrected chi connectivity index (χ1v) is 5.97. The van der Waals surface area contributed by atoms with Gasteiger partial charge < -0.3 is 24.8 Å². The first-order valence-electron chi connectivity index (χ1n) is 4.92. The summed E-state index contributed by atoms with van der Waals surface area (Å²) in [6.07, 6.45) is -3.27. The van der Waals surface area contributed by atoms with E-state index in [0.29, 0.717) is 0 Å². The number of rotatable bonds is 4. The minimum atomic E-state index is -0.997. The highest BCUT2D eigenvalue weighted by atomic mass is 32.2. The maximum atomic E-state index is 9.83. The normalized spacial score (nSPS) is 41.8. The summed E-state index contributed by atoms with van der Waals surface area (Å²) in [5.74, 6) is 0.784. The topological polar surface area (TPSA) is 79.2 Å². The molecule has 1 heterocycles. The molecule has 1 rings (SSSR count). The van der Waals surface area contributed by atoms with Gasteiger partial charge in [0.05, 0.1) is 6.61 Å². The highest BCUT2D eigenvalue weighted by Gasteiger charge is 2.44. The van der Waals surface area contributed by atoms with Crippen LogP contribution in [0.3, 0.4) is 0 Å². The molecule has 0 spiro atoms. The number of ether oxygens (including phenoxy) is 2. The second kappa shape index (κ2) is 6.03. The molecule has 0 aliphatic carbocycles. The molecule has 15 heavy (non-hydrogen) atoms. The summed E-state index contributed by atoms with van der Waals surface area (Å²) in [4.78, 5) is 0. The third kappa shape index (κ3) is 2.83. The molecule has 90 valence electrons. The van der Waals surface area contributed by atoms with Gasteiger partial charge in [-0.25, -0.2) is 0 Å². The summed E-state index contributed by atoms with van der Waals surface area (Å²) in [7, 11) is 1.42. The maximum absolute atomic E-state index is 9.83. The molecule has 0 unspecified atom stereocenters. The second-order valence-corrected chi connectivity index (χ2v) is 4.74. The third-order valence-corrected chi connectivity index (χ3v) is 3.48. The van der Waals surface area contributed by atoms with Gasteiger partial charge in [-0.15, -0.1) is 11.8 Å². The molecule has 5 atom stereocenters. The Morgan fingerprint density at radius 1 is 1.33 bits per heavy atom. The van der Waals surface area contributed by atoms with Gasteiger partial charge in [-0.2, -0.15) is 0 Å². The third-order valence-electron chi connectivity index (χ3n) is 2.42. The van der Waals surface area contributed by atoms with E-state index < -0.39 is 29.9 Å². The lowest BCUT2D eigenvalue weighted by Crippen LogP contribution is -2.58. The number of aliphatic hydroxyl groups excluding tert-OH is 3. The van der Waals surface area contributed by atoms with Gasteiger partial charge in [0.1, 0.15) is 29.9 Å². The van der Waals surface area contributed by atoms with Crippen molar-refractivity contribution in [2.45, 2.75) is 36.8 Å². The highest BCUT2D eigenvalue weighted by molar-refractivity contribution is 7.99. The van der Waals surface area contributed by atoms with Crippen molar-refractivity contribution in [2.24, 2.45) is 0 Å². The Balaban J connectivity index is 2.70. The lowest BCUT2D eigenvalue weighted by atomic mass is 10.0. The minimum absolute atomic E-state index is 0.283. The van der Waals surface area contributed by atoms with Crippen LogP contribution < -0.4 is 0 Å². The Morgan fingerprint density at radius 2 is 2.00 bits per heavy atom. The van der Waals surface area contributed by atoms with Crippen LogP contribution in [0.2, 0.25) is 0 Å². The molecule has 1 aliphatic heterocycles. The van der Waals surface area contributed by atoms with E-state index in [4.69, 9.17) is 14.6 Å². The number of hydrogen-bond acceptors (Lipinski definition) is 6. The van der Waals surface area contributed by atoms with E-state index >= 15 is 0 Å². The van der Waals surface area contributed by atoms with E-state index in [0.717, 1.165) is 5.75 Å². The van der Waals surface area contributed by atoms with Gasteiger partial charge in [0.15, 0.2) is 0 Å². The smallest absolute Gasteiger partial charge is 0.132 e. The molecule has 1 saturated heterocycles. The van der Waals surface area contributed by atoms with Crippen LogP contribution >= 0.6 is 11.8 Å². The van der Waals surface area contributed by atoms with Crippen LogP contribution in [-0.4, -0.2) is 64.6 Å². The number of methoxy groups -OCH3 is 1. The Kier molecular flexibility index (Phi) is 5.31. The summed E-state index contributed by atoms with van der Waals surface area (Å²) in [5.41, 5.74) is -0.458. The second-order valence-electron chi connectivity index (χ2n) is 3.36. The largest absolute Gasteiger partial charge is 0.394 e. The van der Waals surface area contributed by atoms with Crippen molar-refractivity contribution in [3.63, 3.8) is 0 Å². The van der Waals surface area contributed by atoms with E-state index in [1.165, 1.54) is 18.9 Å². The first kappa shape index (κ1) is 13.2. The van der Waals surface area contributed by atoms with Gasteiger partial charge in [0.25, 0.3) is 0 Å². The number of thioether (sulfide) groups is 1. The van der Waals surface area contributed by atoms with E-state index in [1.807, 2.05) is 6.92 Å². The van der Waals surface area contributed by atoms with Crippen molar-refractivity contribution < 1.29 is 24.8 Å². The van der Waals surface area contributed by atoms with Crippen molar-refractivity contribution in [1.29, 1.82) is 0 Å². The standard InChI is InChI=1S/C9H18O5S/c1-3-15-9-7(12)8(13-2)6(11)5(4-10)14-9/h5-12H,3-4H2,1-2H3/t5-,6-,7-,8+,9+/m1/s1. The number of hydrogen-bond donors (Lipinski definition) is 3. The zero-order valence-electron chi connectivity index (χ0n) is 8.87. The fourth-order valence-corrected chi connectivity index (χ4v) is 2.54. The highest BCUT2D eigenvalue weighted by Crippen LogP contribution is 2.29. The van der Waals surface area contributed by atoms with Crippen LogP contribution in [0, 0.1) is 0 Å². The Hall–Kier alpha value is 0.150. The van der Waals surface area contributed by atoms with Gasteiger partial charge in [-0.1, -0.05) is 6.92 Å². The molecule has 5 nitrogen and oxygen atoms in total. The summed E-state index contributed by atoms with van der Waals surface area (Å²) in [6, 6.07) is 0. The molecule has 0 saturated carbocycles. The monoisotopic (exact) mass is 238 g/mol. The first-order chi connectivity index (χ1) is 7.15. The molecular weight excluding hydrogens is 220 g/mol. The minimum Gasteiger partial charge on any atom is -0.394 e. The van der Waals surface area contributed by atoms with Crippen LogP contribution in [0.15, 0.2) is 0 Å². The molecule has 0 aromatic heterocycles. The number of aliphatic hydroxyl groups is 3. The van der Waals surface area contributed by atoms with Gasteiger partial charge in [-0.05, 0) is 5.75 Å². The average Bonchev–Trinajstić information content (AvgIpc) is 2.23. The summed E-state index contributed by atoms with van der Waals surface area (Å²) in [6.45, 7) is 1.66. The zero-order valence-corrected chi connectivity index (χ0v) is 9.68. The van der Waals surface area contributed by atoms with Crippen LogP contribution in [0.25, 0.3) is 0 Å². The quantitative estimate of drug-likeness (QED) is 0.595. The molecular formula is C9H18O5S. The molecule has 1 fully saturated rings. The molecule has 0 aromatic rings. The van der Waals surface area contributed by atoms with Crippen molar-refractivity contribution >= 4 is 11.8 Å². The molecule has 6 heteroatoms. The molecule has 1 aliphatic rings. The van der Waals surface area contributed by atoms with Crippen molar-refractivity contribution in [1.82, 2.24) is 0 Å². The van der Waals surface area contributed by atoms with Gasteiger partial charge >= 0.3 is 0 Å². The summed E-state index contributed by atoms with van der Waals surface area (Å²) < 4.78 is 10.4. The van der Waals surface area contributed by atoms with E-state index in [1.54, 1.807) is 0 Å². The lowest BCUT2D eigenvalue weighted by Gasteiger charge is -2.41. The zero-order chi connectivity index (χ0) is 11.4. The van der Waals surface area contributed by atoms with Crippen molar-refractivity contribution in [3.05, 3.63) is 0 Å². The van der Waals surface area contributed by atoms with Gasteiger partial charge in [-0.3, -0.25) is 0 Å². The molecule has 0 bridgehead atoms. The van der Waals surface area contributed by atoms with Gasteiger partial charge in [0.2, 0.25) is 0 Å². The maximum Gasteiger partial charge on any atom is 0.132 e. The SMILES string of the molecule is CCS[C@@H]1O[C@H](CO)[C@@H](O)[C@H](OC)[C@H]1O. The van der Waals surface area contributed by atoms with Crippen molar-refractivity contribution in [3.8, 4) is 0 Å². The molecule has 0 amide bonds. The van der Waals surface area contributed by atoms with Crippen LogP contribution in [0.4, 0.5) is 0 Å². The van der Waals surface area contributed by atoms with Gasteiger partial charge in [0, 0.05) is 7.11 Å². The summed E-state index contributed by atoms with van der Waals surface area (Å²) in [5, 5.41) is 28.6. The van der Waals surface area contributed by atoms with Crippen LogP contribution in [0.5, 0.6) is 0 Å². The Morgan fingerprint density at radius 3 is 2.47 bits per heavy atom. The van der Waals surface area contributed by atoms with E-state index in [-0.39, 0.29) is 6.61 Å². The van der Waals surface area contributed by atoms with Crippen molar-refractivity contribution in [2.75, 3.05) is 19.5 Å². The van der Waals surface area contributed by atoms with E-state index in [2.05, 4.69) is 0 Å². The Labute approximate surface area is 93.4 Å². The molecule has 0 aromatic carbocycles. The molecule has 0 radical (unpaired) electrons. The fourth-order valence-electron chi connectivity index (χ4n) is 1.63.